The van der Waals surface area contributed by atoms with E-state index in [1.807, 2.05) is 25.1 Å². The summed E-state index contributed by atoms with van der Waals surface area (Å²) in [5, 5.41) is 12.1. The van der Waals surface area contributed by atoms with Gasteiger partial charge in [-0.15, -0.1) is 11.3 Å². The SMILES string of the molecule is C[C@H](NC(=O)[C@H]1CC=CC[C@@H]1C(=O)O)c1ccc(Cl)s1. The number of carbonyl (C=O) groups is 2. The molecule has 0 aliphatic heterocycles. The molecule has 0 aromatic carbocycles. The van der Waals surface area contributed by atoms with Crippen molar-refractivity contribution in [2.45, 2.75) is 25.8 Å². The van der Waals surface area contributed by atoms with Gasteiger partial charge in [-0.1, -0.05) is 23.8 Å². The number of carboxylic acids is 1. The van der Waals surface area contributed by atoms with E-state index in [0.717, 1.165) is 4.88 Å². The van der Waals surface area contributed by atoms with Gasteiger partial charge in [0.05, 0.1) is 22.2 Å². The van der Waals surface area contributed by atoms with Crippen molar-refractivity contribution in [3.05, 3.63) is 33.5 Å². The summed E-state index contributed by atoms with van der Waals surface area (Å²) in [7, 11) is 0. The van der Waals surface area contributed by atoms with Crippen molar-refractivity contribution < 1.29 is 14.7 Å². The summed E-state index contributed by atoms with van der Waals surface area (Å²) in [6, 6.07) is 3.49. The number of carboxylic acid groups (broad SMARTS) is 1. The third-order valence-corrected chi connectivity index (χ3v) is 4.88. The van der Waals surface area contributed by atoms with E-state index in [9.17, 15) is 14.7 Å². The van der Waals surface area contributed by atoms with Crippen LogP contribution < -0.4 is 5.32 Å². The number of nitrogens with one attached hydrogen (secondary N) is 1. The molecule has 20 heavy (non-hydrogen) atoms. The van der Waals surface area contributed by atoms with Crippen LogP contribution >= 0.6 is 22.9 Å². The lowest BCUT2D eigenvalue weighted by Crippen LogP contribution is -2.39. The molecule has 2 rings (SSSR count). The second-order valence-electron chi connectivity index (χ2n) is 4.87. The fraction of sp³-hybridized carbons (Fsp3) is 0.429. The number of halogens is 1. The Bertz CT molecular complexity index is 540. The number of allylic oxidation sites excluding steroid dienone is 2. The van der Waals surface area contributed by atoms with Gasteiger partial charge in [0.25, 0.3) is 0 Å². The molecule has 1 heterocycles. The summed E-state index contributed by atoms with van der Waals surface area (Å²) >= 11 is 7.29. The predicted molar refractivity (Wildman–Crippen MR) is 78.9 cm³/mol. The average molecular weight is 314 g/mol. The number of thiophene rings is 1. The van der Waals surface area contributed by atoms with E-state index in [4.69, 9.17) is 11.6 Å². The Morgan fingerprint density at radius 2 is 2.00 bits per heavy atom. The summed E-state index contributed by atoms with van der Waals surface area (Å²) in [5.41, 5.74) is 0. The first-order valence-electron chi connectivity index (χ1n) is 6.42. The van der Waals surface area contributed by atoms with Gasteiger partial charge in [0.2, 0.25) is 5.91 Å². The Hall–Kier alpha value is -1.33. The fourth-order valence-electron chi connectivity index (χ4n) is 2.33. The van der Waals surface area contributed by atoms with Gasteiger partial charge in [0.15, 0.2) is 0 Å². The lowest BCUT2D eigenvalue weighted by molar-refractivity contribution is -0.147. The van der Waals surface area contributed by atoms with Gasteiger partial charge in [-0.25, -0.2) is 0 Å². The molecule has 0 unspecified atom stereocenters. The molecule has 0 fully saturated rings. The summed E-state index contributed by atoms with van der Waals surface area (Å²) in [5.74, 6) is -2.27. The maximum atomic E-state index is 12.3. The molecular formula is C14H16ClNO3S. The number of hydrogen-bond acceptors (Lipinski definition) is 3. The van der Waals surface area contributed by atoms with E-state index in [2.05, 4.69) is 5.32 Å². The van der Waals surface area contributed by atoms with Crippen molar-refractivity contribution in [3.8, 4) is 0 Å². The molecule has 1 amide bonds. The highest BCUT2D eigenvalue weighted by molar-refractivity contribution is 7.16. The van der Waals surface area contributed by atoms with Crippen LogP contribution in [-0.2, 0) is 9.59 Å². The highest BCUT2D eigenvalue weighted by atomic mass is 35.5. The number of carbonyl (C=O) groups excluding carboxylic acids is 1. The Labute approximate surface area is 126 Å². The molecule has 1 aliphatic carbocycles. The van der Waals surface area contributed by atoms with E-state index >= 15 is 0 Å². The molecule has 4 nitrogen and oxygen atoms in total. The Kier molecular flexibility index (Phi) is 4.83. The molecular weight excluding hydrogens is 298 g/mol. The number of hydrogen-bond donors (Lipinski definition) is 2. The smallest absolute Gasteiger partial charge is 0.307 e. The average Bonchev–Trinajstić information content (AvgIpc) is 2.85. The van der Waals surface area contributed by atoms with Gasteiger partial charge in [-0.2, -0.15) is 0 Å². The predicted octanol–water partition coefficient (Wildman–Crippen LogP) is 3.25. The standard InChI is InChI=1S/C14H16ClNO3S/c1-8(11-6-7-12(15)20-11)16-13(17)9-4-2-3-5-10(9)14(18)19/h2-3,6-10H,4-5H2,1H3,(H,16,17)(H,18,19)/t8-,9-,10-/m0/s1. The quantitative estimate of drug-likeness (QED) is 0.839. The van der Waals surface area contributed by atoms with E-state index < -0.39 is 17.8 Å². The summed E-state index contributed by atoms with van der Waals surface area (Å²) in [4.78, 5) is 24.4. The minimum absolute atomic E-state index is 0.166. The van der Waals surface area contributed by atoms with Gasteiger partial charge in [0, 0.05) is 4.88 Å². The number of amides is 1. The monoisotopic (exact) mass is 313 g/mol. The largest absolute Gasteiger partial charge is 0.481 e. The highest BCUT2D eigenvalue weighted by Crippen LogP contribution is 2.29. The maximum Gasteiger partial charge on any atom is 0.307 e. The van der Waals surface area contributed by atoms with Crippen molar-refractivity contribution in [3.63, 3.8) is 0 Å². The highest BCUT2D eigenvalue weighted by Gasteiger charge is 2.34. The molecule has 0 saturated heterocycles. The van der Waals surface area contributed by atoms with E-state index in [1.54, 1.807) is 6.07 Å². The molecule has 108 valence electrons. The minimum Gasteiger partial charge on any atom is -0.481 e. The van der Waals surface area contributed by atoms with Crippen LogP contribution in [0.5, 0.6) is 0 Å². The molecule has 0 bridgehead atoms. The van der Waals surface area contributed by atoms with Crippen LogP contribution in [0.3, 0.4) is 0 Å². The van der Waals surface area contributed by atoms with Gasteiger partial charge >= 0.3 is 5.97 Å². The van der Waals surface area contributed by atoms with Crippen molar-refractivity contribution in [2.75, 3.05) is 0 Å². The molecule has 1 aromatic rings. The van der Waals surface area contributed by atoms with Gasteiger partial charge in [-0.3, -0.25) is 9.59 Å². The van der Waals surface area contributed by atoms with Gasteiger partial charge in [0.1, 0.15) is 0 Å². The first-order chi connectivity index (χ1) is 9.49. The Morgan fingerprint density at radius 3 is 2.55 bits per heavy atom. The first-order valence-corrected chi connectivity index (χ1v) is 7.62. The van der Waals surface area contributed by atoms with Crippen LogP contribution in [0, 0.1) is 11.8 Å². The first kappa shape index (κ1) is 15.1. The van der Waals surface area contributed by atoms with Crippen LogP contribution in [0.15, 0.2) is 24.3 Å². The summed E-state index contributed by atoms with van der Waals surface area (Å²) < 4.78 is 0.671. The van der Waals surface area contributed by atoms with E-state index in [1.165, 1.54) is 11.3 Å². The Balaban J connectivity index is 2.03. The van der Waals surface area contributed by atoms with Crippen molar-refractivity contribution in [1.29, 1.82) is 0 Å². The van der Waals surface area contributed by atoms with Crippen LogP contribution in [0.1, 0.15) is 30.7 Å². The van der Waals surface area contributed by atoms with Gasteiger partial charge < -0.3 is 10.4 Å². The third-order valence-electron chi connectivity index (χ3n) is 3.47. The lowest BCUT2D eigenvalue weighted by Gasteiger charge is -2.25. The summed E-state index contributed by atoms with van der Waals surface area (Å²) in [6.45, 7) is 1.87. The normalized spacial score (nSPS) is 23.3. The zero-order valence-corrected chi connectivity index (χ0v) is 12.6. The zero-order valence-electron chi connectivity index (χ0n) is 11.0. The van der Waals surface area contributed by atoms with Crippen LogP contribution in [0.4, 0.5) is 0 Å². The van der Waals surface area contributed by atoms with Crippen molar-refractivity contribution in [2.24, 2.45) is 11.8 Å². The topological polar surface area (TPSA) is 66.4 Å². The second kappa shape index (κ2) is 6.41. The molecule has 0 spiro atoms. The number of rotatable bonds is 4. The van der Waals surface area contributed by atoms with Crippen molar-refractivity contribution >= 4 is 34.8 Å². The Morgan fingerprint density at radius 1 is 1.35 bits per heavy atom. The molecule has 6 heteroatoms. The number of aliphatic carboxylic acids is 1. The van der Waals surface area contributed by atoms with Crippen molar-refractivity contribution in [1.82, 2.24) is 5.32 Å². The molecule has 2 N–H and O–H groups in total. The minimum atomic E-state index is -0.915. The fourth-order valence-corrected chi connectivity index (χ4v) is 3.39. The third kappa shape index (κ3) is 3.41. The maximum absolute atomic E-state index is 12.3. The zero-order chi connectivity index (χ0) is 14.7. The molecule has 1 aromatic heterocycles. The molecule has 1 aliphatic rings. The van der Waals surface area contributed by atoms with E-state index in [-0.39, 0.29) is 11.9 Å². The lowest BCUT2D eigenvalue weighted by atomic mass is 9.82. The molecule has 0 saturated carbocycles. The van der Waals surface area contributed by atoms with Crippen LogP contribution in [0.2, 0.25) is 4.34 Å². The summed E-state index contributed by atoms with van der Waals surface area (Å²) in [6.07, 6.45) is 4.58. The van der Waals surface area contributed by atoms with Crippen LogP contribution in [0.25, 0.3) is 0 Å². The van der Waals surface area contributed by atoms with Crippen LogP contribution in [-0.4, -0.2) is 17.0 Å². The molecule has 0 radical (unpaired) electrons. The van der Waals surface area contributed by atoms with Gasteiger partial charge in [-0.05, 0) is 31.9 Å². The second-order valence-corrected chi connectivity index (χ2v) is 6.61. The van der Waals surface area contributed by atoms with E-state index in [0.29, 0.717) is 17.2 Å². The molecule has 3 atom stereocenters.